The first-order chi connectivity index (χ1) is 8.56. The normalized spacial score (nSPS) is 10.7. The van der Waals surface area contributed by atoms with Gasteiger partial charge >= 0.3 is 5.97 Å². The average Bonchev–Trinajstić information content (AvgIpc) is 2.30. The van der Waals surface area contributed by atoms with Crippen molar-refractivity contribution < 1.29 is 14.3 Å². The third-order valence-corrected chi connectivity index (χ3v) is 3.08. The number of carboxylic acid groups (broad SMARTS) is 1. The molecule has 1 aromatic carbocycles. The predicted molar refractivity (Wildman–Crippen MR) is 65.3 cm³/mol. The number of thioether (sulfide) groups is 1. The fourth-order valence-electron chi connectivity index (χ4n) is 1.39. The molecule has 5 nitrogen and oxygen atoms in total. The van der Waals surface area contributed by atoms with E-state index in [9.17, 15) is 14.0 Å². The van der Waals surface area contributed by atoms with Crippen LogP contribution in [0, 0.1) is 5.82 Å². The van der Waals surface area contributed by atoms with Crippen molar-refractivity contribution in [3.63, 3.8) is 0 Å². The number of halogens is 1. The third-order valence-electron chi connectivity index (χ3n) is 2.20. The number of fused-ring (bicyclic) bond motifs is 1. The van der Waals surface area contributed by atoms with Gasteiger partial charge in [0.25, 0.3) is 5.56 Å². The minimum absolute atomic E-state index is 0.0180. The second-order valence-electron chi connectivity index (χ2n) is 3.52. The fourth-order valence-corrected chi connectivity index (χ4v) is 2.19. The molecule has 0 aliphatic heterocycles. The lowest BCUT2D eigenvalue weighted by Crippen LogP contribution is -2.09. The quantitative estimate of drug-likeness (QED) is 0.650. The highest BCUT2D eigenvalue weighted by Gasteiger charge is 2.06. The van der Waals surface area contributed by atoms with Gasteiger partial charge in [-0.05, 0) is 18.2 Å². The van der Waals surface area contributed by atoms with Crippen molar-refractivity contribution in [3.8, 4) is 0 Å². The lowest BCUT2D eigenvalue weighted by molar-refractivity contribution is -0.136. The predicted octanol–water partition coefficient (Wildman–Crippen LogP) is 1.63. The van der Waals surface area contributed by atoms with Crippen LogP contribution in [0.3, 0.4) is 0 Å². The number of H-pyrrole nitrogens is 1. The summed E-state index contributed by atoms with van der Waals surface area (Å²) in [6, 6.07) is 3.76. The van der Waals surface area contributed by atoms with Crippen LogP contribution in [-0.4, -0.2) is 26.8 Å². The highest BCUT2D eigenvalue weighted by Crippen LogP contribution is 2.16. The number of aliphatic carboxylic acids is 1. The fraction of sp³-hybridized carbons (Fsp3) is 0.182. The van der Waals surface area contributed by atoms with Gasteiger partial charge < -0.3 is 10.1 Å². The Morgan fingerprint density at radius 3 is 3.00 bits per heavy atom. The van der Waals surface area contributed by atoms with E-state index in [4.69, 9.17) is 5.11 Å². The standard InChI is InChI=1S/C11H9FN2O3S/c12-6-1-2-8-7(5-6)10(17)14-11(13-8)18-4-3-9(15)16/h1-2,5H,3-4H2,(H,15,16)(H,13,14,17). The van der Waals surface area contributed by atoms with E-state index >= 15 is 0 Å². The number of aromatic amines is 1. The summed E-state index contributed by atoms with van der Waals surface area (Å²) in [5.74, 6) is -1.10. The summed E-state index contributed by atoms with van der Waals surface area (Å²) in [7, 11) is 0. The number of aromatic nitrogens is 2. The SMILES string of the molecule is O=C(O)CCSc1nc2ccc(F)cc2c(=O)[nH]1. The van der Waals surface area contributed by atoms with Gasteiger partial charge in [0.05, 0.1) is 17.3 Å². The summed E-state index contributed by atoms with van der Waals surface area (Å²) in [5, 5.41) is 9.01. The van der Waals surface area contributed by atoms with Crippen LogP contribution in [0.2, 0.25) is 0 Å². The Labute approximate surface area is 105 Å². The van der Waals surface area contributed by atoms with E-state index in [-0.39, 0.29) is 11.8 Å². The van der Waals surface area contributed by atoms with Crippen LogP contribution >= 0.6 is 11.8 Å². The molecule has 2 aromatic rings. The van der Waals surface area contributed by atoms with E-state index < -0.39 is 17.3 Å². The van der Waals surface area contributed by atoms with Crippen molar-refractivity contribution in [3.05, 3.63) is 34.4 Å². The number of hydrogen-bond donors (Lipinski definition) is 2. The van der Waals surface area contributed by atoms with E-state index in [0.717, 1.165) is 17.8 Å². The molecule has 0 aliphatic rings. The molecule has 0 bridgehead atoms. The molecule has 0 radical (unpaired) electrons. The summed E-state index contributed by atoms with van der Waals surface area (Å²) in [6.07, 6.45) is -0.0180. The van der Waals surface area contributed by atoms with Gasteiger partial charge in [0.1, 0.15) is 5.82 Å². The maximum Gasteiger partial charge on any atom is 0.304 e. The van der Waals surface area contributed by atoms with Crippen LogP contribution in [0.1, 0.15) is 6.42 Å². The molecule has 2 rings (SSSR count). The molecular weight excluding hydrogens is 259 g/mol. The van der Waals surface area contributed by atoms with Crippen molar-refractivity contribution in [2.75, 3.05) is 5.75 Å². The Morgan fingerprint density at radius 1 is 1.50 bits per heavy atom. The lowest BCUT2D eigenvalue weighted by Gasteiger charge is -2.01. The van der Waals surface area contributed by atoms with Crippen molar-refractivity contribution in [1.29, 1.82) is 0 Å². The second-order valence-corrected chi connectivity index (χ2v) is 4.61. The van der Waals surface area contributed by atoms with Crippen LogP contribution < -0.4 is 5.56 Å². The van der Waals surface area contributed by atoms with Crippen molar-refractivity contribution in [2.45, 2.75) is 11.6 Å². The maximum atomic E-state index is 13.0. The topological polar surface area (TPSA) is 83.0 Å². The Kier molecular flexibility index (Phi) is 3.61. The first-order valence-corrected chi connectivity index (χ1v) is 6.09. The molecule has 0 unspecified atom stereocenters. The Morgan fingerprint density at radius 2 is 2.28 bits per heavy atom. The number of benzene rings is 1. The van der Waals surface area contributed by atoms with Crippen LogP contribution in [0.5, 0.6) is 0 Å². The third kappa shape index (κ3) is 2.86. The number of carbonyl (C=O) groups is 1. The van der Waals surface area contributed by atoms with Gasteiger partial charge in [-0.15, -0.1) is 0 Å². The minimum Gasteiger partial charge on any atom is -0.481 e. The summed E-state index contributed by atoms with van der Waals surface area (Å²) in [6.45, 7) is 0. The van der Waals surface area contributed by atoms with Crippen LogP contribution in [-0.2, 0) is 4.79 Å². The van der Waals surface area contributed by atoms with Gasteiger partial charge in [-0.2, -0.15) is 0 Å². The molecule has 7 heteroatoms. The Bertz CT molecular complexity index is 656. The molecule has 0 amide bonds. The number of hydrogen-bond acceptors (Lipinski definition) is 4. The number of rotatable bonds is 4. The van der Waals surface area contributed by atoms with Crippen LogP contribution in [0.25, 0.3) is 10.9 Å². The van der Waals surface area contributed by atoms with Crippen molar-refractivity contribution >= 4 is 28.6 Å². The smallest absolute Gasteiger partial charge is 0.304 e. The first kappa shape index (κ1) is 12.6. The summed E-state index contributed by atoms with van der Waals surface area (Å²) in [4.78, 5) is 28.6. The average molecular weight is 268 g/mol. The minimum atomic E-state index is -0.910. The van der Waals surface area contributed by atoms with E-state index in [1.165, 1.54) is 12.1 Å². The zero-order chi connectivity index (χ0) is 13.1. The van der Waals surface area contributed by atoms with E-state index in [1.807, 2.05) is 0 Å². The highest BCUT2D eigenvalue weighted by atomic mass is 32.2. The van der Waals surface area contributed by atoms with E-state index in [1.54, 1.807) is 0 Å². The second kappa shape index (κ2) is 5.18. The van der Waals surface area contributed by atoms with Gasteiger partial charge in [0.2, 0.25) is 0 Å². The van der Waals surface area contributed by atoms with Crippen molar-refractivity contribution in [2.24, 2.45) is 0 Å². The van der Waals surface area contributed by atoms with Gasteiger partial charge in [-0.3, -0.25) is 9.59 Å². The Hall–Kier alpha value is -1.89. The lowest BCUT2D eigenvalue weighted by atomic mass is 10.2. The molecular formula is C11H9FN2O3S. The van der Waals surface area contributed by atoms with Gasteiger partial charge in [0, 0.05) is 5.75 Å². The molecule has 0 saturated heterocycles. The molecule has 0 aliphatic carbocycles. The summed E-state index contributed by atoms with van der Waals surface area (Å²) in [5.41, 5.74) is -0.0460. The molecule has 0 saturated carbocycles. The van der Waals surface area contributed by atoms with E-state index in [2.05, 4.69) is 9.97 Å². The highest BCUT2D eigenvalue weighted by molar-refractivity contribution is 7.99. The first-order valence-electron chi connectivity index (χ1n) is 5.10. The van der Waals surface area contributed by atoms with Gasteiger partial charge in [-0.25, -0.2) is 9.37 Å². The number of nitrogens with zero attached hydrogens (tertiary/aromatic N) is 1. The van der Waals surface area contributed by atoms with Crippen LogP contribution in [0.4, 0.5) is 4.39 Å². The molecule has 2 N–H and O–H groups in total. The molecule has 0 fully saturated rings. The van der Waals surface area contributed by atoms with Crippen LogP contribution in [0.15, 0.2) is 28.2 Å². The zero-order valence-electron chi connectivity index (χ0n) is 9.14. The molecule has 18 heavy (non-hydrogen) atoms. The molecule has 1 heterocycles. The number of nitrogens with one attached hydrogen (secondary N) is 1. The van der Waals surface area contributed by atoms with E-state index in [0.29, 0.717) is 16.4 Å². The van der Waals surface area contributed by atoms with Gasteiger partial charge in [-0.1, -0.05) is 11.8 Å². The molecule has 0 atom stereocenters. The summed E-state index contributed by atoms with van der Waals surface area (Å²) < 4.78 is 13.0. The largest absolute Gasteiger partial charge is 0.481 e. The maximum absolute atomic E-state index is 13.0. The molecule has 94 valence electrons. The summed E-state index contributed by atoms with van der Waals surface area (Å²) >= 11 is 1.14. The zero-order valence-corrected chi connectivity index (χ0v) is 9.96. The monoisotopic (exact) mass is 268 g/mol. The Balaban J connectivity index is 2.29. The number of carboxylic acids is 1. The van der Waals surface area contributed by atoms with Gasteiger partial charge in [0.15, 0.2) is 5.16 Å². The molecule has 1 aromatic heterocycles. The van der Waals surface area contributed by atoms with Crippen molar-refractivity contribution in [1.82, 2.24) is 9.97 Å². The molecule has 0 spiro atoms.